The van der Waals surface area contributed by atoms with E-state index in [4.69, 9.17) is 16.4 Å². The van der Waals surface area contributed by atoms with Crippen LogP contribution in [-0.4, -0.2) is 13.4 Å². The number of alkyl halides is 5. The van der Waals surface area contributed by atoms with Crippen molar-refractivity contribution in [1.29, 1.82) is 0 Å². The Morgan fingerprint density at radius 2 is 1.89 bits per heavy atom. The highest BCUT2D eigenvalue weighted by atomic mass is 35.7. The van der Waals surface area contributed by atoms with E-state index in [1.54, 1.807) is 0 Å². The number of halogens is 6. The highest BCUT2D eigenvalue weighted by molar-refractivity contribution is 8.13. The normalized spacial score (nSPS) is 13.1. The predicted molar refractivity (Wildman–Crippen MR) is 55.1 cm³/mol. The average Bonchev–Trinajstić information content (AvgIpc) is 2.24. The standard InChI is InChI=1S/C8H6ClF5N2O2S/c9-19(17,18)6-3(2-15)1-4(8(12,13)14)16-5(6)7(10)11/h1,7H,2,15H2. The SMILES string of the molecule is NCc1cc(C(F)(F)F)nc(C(F)F)c1S(=O)(=O)Cl. The zero-order valence-electron chi connectivity index (χ0n) is 8.88. The Hall–Kier alpha value is -1.00. The van der Waals surface area contributed by atoms with Gasteiger partial charge >= 0.3 is 6.18 Å². The van der Waals surface area contributed by atoms with E-state index in [2.05, 4.69) is 4.98 Å². The number of nitrogens with zero attached hydrogens (tertiary/aromatic N) is 1. The van der Waals surface area contributed by atoms with Crippen molar-refractivity contribution in [1.82, 2.24) is 4.98 Å². The van der Waals surface area contributed by atoms with Gasteiger partial charge in [-0.15, -0.1) is 0 Å². The molecule has 1 heterocycles. The zero-order valence-corrected chi connectivity index (χ0v) is 10.5. The first kappa shape index (κ1) is 16.1. The number of pyridine rings is 1. The summed E-state index contributed by atoms with van der Waals surface area (Å²) in [6.07, 6.45) is -8.56. The first-order valence-corrected chi connectivity index (χ1v) is 6.83. The number of nitrogens with two attached hydrogens (primary N) is 1. The third kappa shape index (κ3) is 3.51. The molecule has 19 heavy (non-hydrogen) atoms. The molecule has 0 aromatic carbocycles. The predicted octanol–water partition coefficient (Wildman–Crippen LogP) is 2.42. The molecule has 4 nitrogen and oxygen atoms in total. The summed E-state index contributed by atoms with van der Waals surface area (Å²) in [6.45, 7) is -0.716. The van der Waals surface area contributed by atoms with Crippen molar-refractivity contribution in [2.75, 3.05) is 0 Å². The average molecular weight is 325 g/mol. The minimum absolute atomic E-state index is 0.279. The van der Waals surface area contributed by atoms with Gasteiger partial charge in [0.05, 0.1) is 0 Å². The lowest BCUT2D eigenvalue weighted by atomic mass is 10.2. The molecule has 0 radical (unpaired) electrons. The summed E-state index contributed by atoms with van der Waals surface area (Å²) in [5, 5.41) is 0. The van der Waals surface area contributed by atoms with E-state index >= 15 is 0 Å². The second kappa shape index (κ2) is 5.17. The summed E-state index contributed by atoms with van der Waals surface area (Å²) in [5.41, 5.74) is 1.17. The van der Waals surface area contributed by atoms with E-state index in [0.717, 1.165) is 0 Å². The Morgan fingerprint density at radius 3 is 2.21 bits per heavy atom. The number of hydrogen-bond donors (Lipinski definition) is 1. The fourth-order valence-corrected chi connectivity index (χ4v) is 2.71. The Labute approximate surface area is 108 Å². The molecule has 0 bridgehead atoms. The molecule has 1 rings (SSSR count). The van der Waals surface area contributed by atoms with E-state index in [0.29, 0.717) is 0 Å². The molecule has 0 amide bonds. The van der Waals surface area contributed by atoms with E-state index in [9.17, 15) is 30.4 Å². The lowest BCUT2D eigenvalue weighted by Crippen LogP contribution is -2.16. The maximum atomic E-state index is 12.6. The summed E-state index contributed by atoms with van der Waals surface area (Å²) < 4.78 is 84.9. The van der Waals surface area contributed by atoms with Crippen LogP contribution in [-0.2, 0) is 21.8 Å². The van der Waals surface area contributed by atoms with Gasteiger partial charge in [0, 0.05) is 17.2 Å². The summed E-state index contributed by atoms with van der Waals surface area (Å²) in [4.78, 5) is 1.44. The molecule has 0 unspecified atom stereocenters. The molecule has 2 N–H and O–H groups in total. The van der Waals surface area contributed by atoms with Crippen LogP contribution < -0.4 is 5.73 Å². The molecule has 0 fully saturated rings. The third-order valence-electron chi connectivity index (χ3n) is 2.04. The maximum Gasteiger partial charge on any atom is 0.433 e. The van der Waals surface area contributed by atoms with Crippen molar-refractivity contribution < 1.29 is 30.4 Å². The van der Waals surface area contributed by atoms with Gasteiger partial charge in [0.25, 0.3) is 15.5 Å². The summed E-state index contributed by atoms with van der Waals surface area (Å²) in [6, 6.07) is 0.279. The van der Waals surface area contributed by atoms with Crippen LogP contribution in [0.1, 0.15) is 23.4 Å². The van der Waals surface area contributed by atoms with Gasteiger partial charge in [-0.05, 0) is 11.6 Å². The molecule has 0 aliphatic carbocycles. The first-order valence-electron chi connectivity index (χ1n) is 4.52. The highest BCUT2D eigenvalue weighted by Crippen LogP contribution is 2.35. The van der Waals surface area contributed by atoms with Crippen LogP contribution in [0.5, 0.6) is 0 Å². The van der Waals surface area contributed by atoms with Gasteiger partial charge in [0.2, 0.25) is 0 Å². The Kier molecular flexibility index (Phi) is 4.37. The Morgan fingerprint density at radius 1 is 1.37 bits per heavy atom. The van der Waals surface area contributed by atoms with Gasteiger partial charge in [-0.2, -0.15) is 13.2 Å². The first-order chi connectivity index (χ1) is 8.48. The lowest BCUT2D eigenvalue weighted by Gasteiger charge is -2.14. The largest absolute Gasteiger partial charge is 0.433 e. The summed E-state index contributed by atoms with van der Waals surface area (Å²) >= 11 is 0. The van der Waals surface area contributed by atoms with E-state index in [1.807, 2.05) is 0 Å². The fourth-order valence-electron chi connectivity index (χ4n) is 1.33. The van der Waals surface area contributed by atoms with Crippen molar-refractivity contribution in [2.24, 2.45) is 5.73 Å². The zero-order chi connectivity index (χ0) is 15.0. The highest BCUT2D eigenvalue weighted by Gasteiger charge is 2.37. The topological polar surface area (TPSA) is 73.0 Å². The van der Waals surface area contributed by atoms with Crippen LogP contribution in [0.15, 0.2) is 11.0 Å². The van der Waals surface area contributed by atoms with E-state index in [1.165, 1.54) is 0 Å². The van der Waals surface area contributed by atoms with Crippen molar-refractivity contribution in [3.8, 4) is 0 Å². The monoisotopic (exact) mass is 324 g/mol. The summed E-state index contributed by atoms with van der Waals surface area (Å²) in [5.74, 6) is 0. The van der Waals surface area contributed by atoms with Crippen LogP contribution in [0.2, 0.25) is 0 Å². The van der Waals surface area contributed by atoms with E-state index in [-0.39, 0.29) is 6.07 Å². The van der Waals surface area contributed by atoms with Crippen LogP contribution >= 0.6 is 10.7 Å². The van der Waals surface area contributed by atoms with Crippen molar-refractivity contribution in [3.63, 3.8) is 0 Å². The summed E-state index contributed by atoms with van der Waals surface area (Å²) in [7, 11) is 0.219. The second-order valence-corrected chi connectivity index (χ2v) is 5.82. The number of rotatable bonds is 3. The van der Waals surface area contributed by atoms with Gasteiger partial charge in [-0.25, -0.2) is 22.2 Å². The molecule has 0 spiro atoms. The molecule has 1 aromatic rings. The van der Waals surface area contributed by atoms with Gasteiger partial charge in [0.15, 0.2) is 0 Å². The molecular weight excluding hydrogens is 319 g/mol. The van der Waals surface area contributed by atoms with Gasteiger partial charge in [-0.3, -0.25) is 0 Å². The van der Waals surface area contributed by atoms with Gasteiger partial charge in [0.1, 0.15) is 16.3 Å². The molecule has 0 aliphatic heterocycles. The molecule has 0 atom stereocenters. The number of hydrogen-bond acceptors (Lipinski definition) is 4. The number of aromatic nitrogens is 1. The minimum Gasteiger partial charge on any atom is -0.326 e. The lowest BCUT2D eigenvalue weighted by molar-refractivity contribution is -0.141. The molecule has 108 valence electrons. The molecule has 1 aromatic heterocycles. The quantitative estimate of drug-likeness (QED) is 0.684. The van der Waals surface area contributed by atoms with Crippen molar-refractivity contribution >= 4 is 19.7 Å². The molecule has 0 aliphatic rings. The molecular formula is C8H6ClF5N2O2S. The fraction of sp³-hybridized carbons (Fsp3) is 0.375. The molecule has 0 saturated carbocycles. The Bertz CT molecular complexity index is 588. The Balaban J connectivity index is 3.74. The molecule has 0 saturated heterocycles. The van der Waals surface area contributed by atoms with E-state index < -0.39 is 50.0 Å². The smallest absolute Gasteiger partial charge is 0.326 e. The third-order valence-corrected chi connectivity index (χ3v) is 3.46. The second-order valence-electron chi connectivity index (χ2n) is 3.32. The van der Waals surface area contributed by atoms with Crippen molar-refractivity contribution in [2.45, 2.75) is 24.0 Å². The van der Waals surface area contributed by atoms with Gasteiger partial charge in [-0.1, -0.05) is 0 Å². The minimum atomic E-state index is -5.01. The molecule has 11 heteroatoms. The van der Waals surface area contributed by atoms with Crippen LogP contribution in [0.3, 0.4) is 0 Å². The van der Waals surface area contributed by atoms with Gasteiger partial charge < -0.3 is 5.73 Å². The maximum absolute atomic E-state index is 12.6. The van der Waals surface area contributed by atoms with Crippen LogP contribution in [0, 0.1) is 0 Å². The van der Waals surface area contributed by atoms with Crippen molar-refractivity contribution in [3.05, 3.63) is 23.0 Å². The van der Waals surface area contributed by atoms with Crippen LogP contribution in [0.25, 0.3) is 0 Å². The van der Waals surface area contributed by atoms with Crippen LogP contribution in [0.4, 0.5) is 22.0 Å².